The molecule has 0 atom stereocenters. The summed E-state index contributed by atoms with van der Waals surface area (Å²) in [5, 5.41) is 17.7. The van der Waals surface area contributed by atoms with Crippen LogP contribution in [0.25, 0.3) is 11.3 Å². The van der Waals surface area contributed by atoms with Crippen molar-refractivity contribution in [1.82, 2.24) is 4.98 Å². The molecule has 0 radical (unpaired) electrons. The van der Waals surface area contributed by atoms with Gasteiger partial charge in [0.2, 0.25) is 5.13 Å². The second kappa shape index (κ2) is 7.75. The number of thiazole rings is 1. The number of nitro benzene ring substituents is 1. The molecular weight excluding hydrogens is 352 g/mol. The van der Waals surface area contributed by atoms with Crippen molar-refractivity contribution in [2.24, 2.45) is 5.10 Å². The molecule has 0 unspecified atom stereocenters. The maximum absolute atomic E-state index is 10.9. The Morgan fingerprint density at radius 3 is 2.73 bits per heavy atom. The number of rotatable bonds is 6. The van der Waals surface area contributed by atoms with Crippen LogP contribution in [0.1, 0.15) is 12.5 Å². The van der Waals surface area contributed by atoms with E-state index in [1.54, 1.807) is 19.2 Å². The number of benzene rings is 2. The quantitative estimate of drug-likeness (QED) is 0.391. The Balaban J connectivity index is 1.73. The zero-order chi connectivity index (χ0) is 18.5. The number of nitrogens with zero attached hydrogens (tertiary/aromatic N) is 3. The van der Waals surface area contributed by atoms with Crippen molar-refractivity contribution in [3.8, 4) is 17.0 Å². The maximum atomic E-state index is 10.9. The van der Waals surface area contributed by atoms with E-state index in [1.807, 2.05) is 36.6 Å². The van der Waals surface area contributed by atoms with Gasteiger partial charge in [-0.3, -0.25) is 15.5 Å². The first kappa shape index (κ1) is 17.6. The van der Waals surface area contributed by atoms with Gasteiger partial charge in [-0.2, -0.15) is 5.10 Å². The lowest BCUT2D eigenvalue weighted by atomic mass is 10.1. The van der Waals surface area contributed by atoms with Crippen LogP contribution in [0.4, 0.5) is 10.8 Å². The summed E-state index contributed by atoms with van der Waals surface area (Å²) in [5.41, 5.74) is 6.10. The van der Waals surface area contributed by atoms with Crippen molar-refractivity contribution in [3.05, 3.63) is 69.6 Å². The van der Waals surface area contributed by atoms with Crippen molar-refractivity contribution < 1.29 is 9.66 Å². The Labute approximate surface area is 154 Å². The van der Waals surface area contributed by atoms with Gasteiger partial charge in [0, 0.05) is 23.1 Å². The van der Waals surface area contributed by atoms with Crippen molar-refractivity contribution in [2.45, 2.75) is 6.92 Å². The Morgan fingerprint density at radius 1 is 1.27 bits per heavy atom. The smallest absolute Gasteiger partial charge is 0.270 e. The van der Waals surface area contributed by atoms with Gasteiger partial charge in [0.1, 0.15) is 5.75 Å². The van der Waals surface area contributed by atoms with E-state index in [0.717, 1.165) is 17.0 Å². The van der Waals surface area contributed by atoms with E-state index in [2.05, 4.69) is 15.5 Å². The average molecular weight is 368 g/mol. The van der Waals surface area contributed by atoms with Gasteiger partial charge in [0.05, 0.1) is 23.4 Å². The number of hydrogen-bond acceptors (Lipinski definition) is 7. The Hall–Kier alpha value is -3.26. The van der Waals surface area contributed by atoms with E-state index in [0.29, 0.717) is 16.4 Å². The topological polar surface area (TPSA) is 89.7 Å². The van der Waals surface area contributed by atoms with Gasteiger partial charge in [-0.25, -0.2) is 4.98 Å². The summed E-state index contributed by atoms with van der Waals surface area (Å²) in [5.74, 6) is 0.788. The number of hydrogen-bond donors (Lipinski definition) is 1. The maximum Gasteiger partial charge on any atom is 0.270 e. The minimum Gasteiger partial charge on any atom is -0.497 e. The van der Waals surface area contributed by atoms with Gasteiger partial charge in [0.15, 0.2) is 0 Å². The summed E-state index contributed by atoms with van der Waals surface area (Å²) < 4.78 is 5.14. The van der Waals surface area contributed by atoms with E-state index in [9.17, 15) is 10.1 Å². The summed E-state index contributed by atoms with van der Waals surface area (Å²) >= 11 is 1.38. The van der Waals surface area contributed by atoms with Crippen LogP contribution >= 0.6 is 11.3 Å². The fraction of sp³-hybridized carbons (Fsp3) is 0.111. The standard InChI is InChI=1S/C18H16N4O3S/c1-12(13-6-8-16(25-2)9-7-13)20-21-18-19-17(11-26-18)14-4-3-5-15(10-14)22(23)24/h3-11H,1-2H3,(H,19,21)/b20-12-. The third kappa shape index (κ3) is 4.04. The highest BCUT2D eigenvalue weighted by atomic mass is 32.1. The first-order valence-corrected chi connectivity index (χ1v) is 8.60. The number of anilines is 1. The number of aromatic nitrogens is 1. The van der Waals surface area contributed by atoms with Gasteiger partial charge in [-0.1, -0.05) is 12.1 Å². The lowest BCUT2D eigenvalue weighted by Gasteiger charge is -2.03. The normalized spacial score (nSPS) is 11.2. The van der Waals surface area contributed by atoms with Crippen LogP contribution in [0.2, 0.25) is 0 Å². The van der Waals surface area contributed by atoms with E-state index in [4.69, 9.17) is 4.74 Å². The lowest BCUT2D eigenvalue weighted by Crippen LogP contribution is -1.99. The second-order valence-corrected chi connectivity index (χ2v) is 6.24. The molecular formula is C18H16N4O3S. The molecule has 0 aliphatic rings. The number of non-ortho nitro benzene ring substituents is 1. The predicted octanol–water partition coefficient (Wildman–Crippen LogP) is 4.56. The molecule has 0 aliphatic heterocycles. The molecule has 0 saturated heterocycles. The Kier molecular flexibility index (Phi) is 5.23. The largest absolute Gasteiger partial charge is 0.497 e. The van der Waals surface area contributed by atoms with E-state index >= 15 is 0 Å². The van der Waals surface area contributed by atoms with Crippen LogP contribution in [0.5, 0.6) is 5.75 Å². The van der Waals surface area contributed by atoms with Crippen molar-refractivity contribution in [3.63, 3.8) is 0 Å². The summed E-state index contributed by atoms with van der Waals surface area (Å²) in [4.78, 5) is 14.9. The molecule has 1 N–H and O–H groups in total. The molecule has 3 rings (SSSR count). The van der Waals surface area contributed by atoms with Gasteiger partial charge >= 0.3 is 0 Å². The van der Waals surface area contributed by atoms with E-state index in [-0.39, 0.29) is 5.69 Å². The zero-order valence-electron chi connectivity index (χ0n) is 14.2. The summed E-state index contributed by atoms with van der Waals surface area (Å²) in [6, 6.07) is 14.0. The highest BCUT2D eigenvalue weighted by Gasteiger charge is 2.10. The van der Waals surface area contributed by atoms with Crippen LogP contribution < -0.4 is 10.2 Å². The number of hydrazone groups is 1. The van der Waals surface area contributed by atoms with Crippen LogP contribution in [0.15, 0.2) is 59.0 Å². The SMILES string of the molecule is COc1ccc(/C(C)=N\Nc2nc(-c3cccc([N+](=O)[O-])c3)cs2)cc1. The predicted molar refractivity (Wildman–Crippen MR) is 103 cm³/mol. The monoisotopic (exact) mass is 368 g/mol. The molecule has 0 amide bonds. The molecule has 1 heterocycles. The fourth-order valence-corrected chi connectivity index (χ4v) is 2.93. The molecule has 8 heteroatoms. The number of nitro groups is 1. The van der Waals surface area contributed by atoms with E-state index < -0.39 is 4.92 Å². The van der Waals surface area contributed by atoms with Crippen LogP contribution in [-0.4, -0.2) is 22.7 Å². The van der Waals surface area contributed by atoms with Crippen molar-refractivity contribution >= 4 is 27.9 Å². The van der Waals surface area contributed by atoms with Crippen molar-refractivity contribution in [2.75, 3.05) is 12.5 Å². The molecule has 0 saturated carbocycles. The van der Waals surface area contributed by atoms with Gasteiger partial charge in [-0.15, -0.1) is 11.3 Å². The molecule has 0 fully saturated rings. The van der Waals surface area contributed by atoms with Gasteiger partial charge in [-0.05, 0) is 36.8 Å². The fourth-order valence-electron chi connectivity index (χ4n) is 2.26. The Bertz CT molecular complexity index is 951. The number of methoxy groups -OCH3 is 1. The molecule has 26 heavy (non-hydrogen) atoms. The van der Waals surface area contributed by atoms with Gasteiger partial charge in [0.25, 0.3) is 5.69 Å². The summed E-state index contributed by atoms with van der Waals surface area (Å²) in [6.07, 6.45) is 0. The molecule has 0 aliphatic carbocycles. The third-order valence-electron chi connectivity index (χ3n) is 3.68. The zero-order valence-corrected chi connectivity index (χ0v) is 15.0. The average Bonchev–Trinajstić information content (AvgIpc) is 3.15. The molecule has 2 aromatic carbocycles. The minimum absolute atomic E-state index is 0.0402. The molecule has 0 spiro atoms. The molecule has 7 nitrogen and oxygen atoms in total. The van der Waals surface area contributed by atoms with Crippen LogP contribution in [0, 0.1) is 10.1 Å². The van der Waals surface area contributed by atoms with E-state index in [1.165, 1.54) is 23.5 Å². The first-order valence-electron chi connectivity index (χ1n) is 7.72. The highest BCUT2D eigenvalue weighted by Crippen LogP contribution is 2.27. The molecule has 0 bridgehead atoms. The lowest BCUT2D eigenvalue weighted by molar-refractivity contribution is -0.384. The van der Waals surface area contributed by atoms with Crippen LogP contribution in [-0.2, 0) is 0 Å². The number of ether oxygens (including phenoxy) is 1. The number of nitrogens with one attached hydrogen (secondary N) is 1. The first-order chi connectivity index (χ1) is 12.6. The van der Waals surface area contributed by atoms with Crippen molar-refractivity contribution in [1.29, 1.82) is 0 Å². The molecule has 3 aromatic rings. The summed E-state index contributed by atoms with van der Waals surface area (Å²) in [7, 11) is 1.62. The molecule has 1 aromatic heterocycles. The Morgan fingerprint density at radius 2 is 2.04 bits per heavy atom. The second-order valence-electron chi connectivity index (χ2n) is 5.38. The summed E-state index contributed by atoms with van der Waals surface area (Å²) in [6.45, 7) is 1.89. The minimum atomic E-state index is -0.419. The highest BCUT2D eigenvalue weighted by molar-refractivity contribution is 7.14. The third-order valence-corrected chi connectivity index (χ3v) is 4.43. The van der Waals surface area contributed by atoms with Crippen LogP contribution in [0.3, 0.4) is 0 Å². The molecule has 132 valence electrons. The van der Waals surface area contributed by atoms with Gasteiger partial charge < -0.3 is 4.74 Å².